The summed E-state index contributed by atoms with van der Waals surface area (Å²) in [6.07, 6.45) is 0.914. The molecule has 0 aromatic rings. The van der Waals surface area contributed by atoms with Crippen molar-refractivity contribution in [3.63, 3.8) is 0 Å². The maximum absolute atomic E-state index is 11.6. The Bertz CT molecular complexity index is 329. The van der Waals surface area contributed by atoms with Crippen molar-refractivity contribution in [2.24, 2.45) is 5.92 Å². The van der Waals surface area contributed by atoms with Crippen LogP contribution in [0.25, 0.3) is 0 Å². The van der Waals surface area contributed by atoms with Gasteiger partial charge in [0.15, 0.2) is 9.84 Å². The predicted molar refractivity (Wildman–Crippen MR) is 71.3 cm³/mol. The molecule has 5 nitrogen and oxygen atoms in total. The first kappa shape index (κ1) is 15.9. The summed E-state index contributed by atoms with van der Waals surface area (Å²) in [5, 5.41) is 12.4. The van der Waals surface area contributed by atoms with Crippen LogP contribution in [0.5, 0.6) is 0 Å². The maximum Gasteiger partial charge on any atom is 0.154 e. The number of ether oxygens (including phenoxy) is 1. The lowest BCUT2D eigenvalue weighted by Gasteiger charge is -2.15. The molecule has 2 N–H and O–H groups in total. The van der Waals surface area contributed by atoms with Crippen molar-refractivity contribution in [2.75, 3.05) is 32.1 Å². The van der Waals surface area contributed by atoms with Crippen LogP contribution in [0.15, 0.2) is 0 Å². The topological polar surface area (TPSA) is 75.6 Å². The van der Waals surface area contributed by atoms with Gasteiger partial charge in [0.1, 0.15) is 0 Å². The maximum atomic E-state index is 11.6. The molecule has 0 aliphatic carbocycles. The van der Waals surface area contributed by atoms with E-state index in [1.165, 1.54) is 0 Å². The van der Waals surface area contributed by atoms with Crippen LogP contribution in [0, 0.1) is 5.92 Å². The van der Waals surface area contributed by atoms with Gasteiger partial charge in [-0.1, -0.05) is 13.8 Å². The van der Waals surface area contributed by atoms with E-state index in [1.54, 1.807) is 0 Å². The zero-order valence-corrected chi connectivity index (χ0v) is 12.1. The van der Waals surface area contributed by atoms with Crippen LogP contribution in [0.2, 0.25) is 0 Å². The largest absolute Gasteiger partial charge is 0.389 e. The Labute approximate surface area is 110 Å². The fraction of sp³-hybridized carbons (Fsp3) is 1.00. The molecule has 6 heteroatoms. The molecule has 1 saturated heterocycles. The van der Waals surface area contributed by atoms with Gasteiger partial charge in [-0.15, -0.1) is 0 Å². The summed E-state index contributed by atoms with van der Waals surface area (Å²) in [6, 6.07) is 0. The zero-order chi connectivity index (χ0) is 13.6. The Morgan fingerprint density at radius 2 is 2.11 bits per heavy atom. The summed E-state index contributed by atoms with van der Waals surface area (Å²) in [7, 11) is -2.89. The standard InChI is InChI=1S/C12H25NO4S/c1-10(2)8-17-9-11(14)6-13-7-12-4-3-5-18(12,15)16/h10-14H,3-9H2,1-2H3. The summed E-state index contributed by atoms with van der Waals surface area (Å²) < 4.78 is 28.4. The molecule has 1 rings (SSSR count). The minimum Gasteiger partial charge on any atom is -0.389 e. The number of nitrogens with one attached hydrogen (secondary N) is 1. The molecule has 18 heavy (non-hydrogen) atoms. The summed E-state index contributed by atoms with van der Waals surface area (Å²) in [5.41, 5.74) is 0. The van der Waals surface area contributed by atoms with E-state index in [1.807, 2.05) is 0 Å². The molecule has 0 saturated carbocycles. The molecular formula is C12H25NO4S. The van der Waals surface area contributed by atoms with Crippen molar-refractivity contribution in [3.8, 4) is 0 Å². The van der Waals surface area contributed by atoms with E-state index in [4.69, 9.17) is 4.74 Å². The quantitative estimate of drug-likeness (QED) is 0.663. The first-order chi connectivity index (χ1) is 8.42. The minimum absolute atomic E-state index is 0.277. The van der Waals surface area contributed by atoms with E-state index in [9.17, 15) is 13.5 Å². The molecule has 1 heterocycles. The van der Waals surface area contributed by atoms with E-state index in [0.29, 0.717) is 38.0 Å². The highest BCUT2D eigenvalue weighted by Crippen LogP contribution is 2.18. The Morgan fingerprint density at radius 1 is 1.39 bits per heavy atom. The molecule has 0 spiro atoms. The average Bonchev–Trinajstić information content (AvgIpc) is 2.58. The van der Waals surface area contributed by atoms with E-state index in [-0.39, 0.29) is 5.25 Å². The van der Waals surface area contributed by atoms with Crippen molar-refractivity contribution in [3.05, 3.63) is 0 Å². The molecule has 2 unspecified atom stereocenters. The molecular weight excluding hydrogens is 254 g/mol. The number of aliphatic hydroxyl groups is 1. The second-order valence-electron chi connectivity index (χ2n) is 5.37. The van der Waals surface area contributed by atoms with Gasteiger partial charge in [-0.05, 0) is 18.8 Å². The third kappa shape index (κ3) is 5.65. The van der Waals surface area contributed by atoms with Crippen LogP contribution >= 0.6 is 0 Å². The fourth-order valence-corrected chi connectivity index (χ4v) is 3.80. The van der Waals surface area contributed by atoms with E-state index in [2.05, 4.69) is 19.2 Å². The van der Waals surface area contributed by atoms with Crippen molar-refractivity contribution >= 4 is 9.84 Å². The van der Waals surface area contributed by atoms with Crippen molar-refractivity contribution in [1.29, 1.82) is 0 Å². The average molecular weight is 279 g/mol. The first-order valence-corrected chi connectivity index (χ1v) is 8.31. The number of hydrogen-bond acceptors (Lipinski definition) is 5. The van der Waals surface area contributed by atoms with E-state index < -0.39 is 15.9 Å². The Balaban J connectivity index is 2.10. The highest BCUT2D eigenvalue weighted by molar-refractivity contribution is 7.92. The first-order valence-electron chi connectivity index (χ1n) is 6.60. The molecule has 0 bridgehead atoms. The van der Waals surface area contributed by atoms with Gasteiger partial charge in [-0.3, -0.25) is 0 Å². The third-order valence-corrected chi connectivity index (χ3v) is 5.25. The van der Waals surface area contributed by atoms with Gasteiger partial charge >= 0.3 is 0 Å². The Kier molecular flexibility index (Phi) is 6.55. The van der Waals surface area contributed by atoms with Gasteiger partial charge in [-0.2, -0.15) is 0 Å². The van der Waals surface area contributed by atoms with Crippen molar-refractivity contribution < 1.29 is 18.3 Å². The van der Waals surface area contributed by atoms with Crippen molar-refractivity contribution in [1.82, 2.24) is 5.32 Å². The van der Waals surface area contributed by atoms with Gasteiger partial charge in [0.05, 0.1) is 23.7 Å². The van der Waals surface area contributed by atoms with Gasteiger partial charge in [-0.25, -0.2) is 8.42 Å². The van der Waals surface area contributed by atoms with Crippen LogP contribution < -0.4 is 5.32 Å². The highest BCUT2D eigenvalue weighted by atomic mass is 32.2. The molecule has 0 aromatic heterocycles. The molecule has 1 aliphatic heterocycles. The molecule has 2 atom stereocenters. The fourth-order valence-electron chi connectivity index (χ4n) is 2.00. The second-order valence-corrected chi connectivity index (χ2v) is 7.78. The minimum atomic E-state index is -2.89. The van der Waals surface area contributed by atoms with Gasteiger partial charge < -0.3 is 15.2 Å². The number of rotatable bonds is 8. The third-order valence-electron chi connectivity index (χ3n) is 2.98. The van der Waals surface area contributed by atoms with Crippen LogP contribution in [0.4, 0.5) is 0 Å². The Morgan fingerprint density at radius 3 is 2.67 bits per heavy atom. The van der Waals surface area contributed by atoms with Gasteiger partial charge in [0.2, 0.25) is 0 Å². The molecule has 0 amide bonds. The predicted octanol–water partition coefficient (Wildman–Crippen LogP) is 0.187. The van der Waals surface area contributed by atoms with E-state index in [0.717, 1.165) is 12.8 Å². The van der Waals surface area contributed by atoms with Crippen LogP contribution in [0.3, 0.4) is 0 Å². The van der Waals surface area contributed by atoms with Crippen LogP contribution in [0.1, 0.15) is 26.7 Å². The smallest absolute Gasteiger partial charge is 0.154 e. The zero-order valence-electron chi connectivity index (χ0n) is 11.3. The van der Waals surface area contributed by atoms with Crippen LogP contribution in [-0.4, -0.2) is 56.9 Å². The monoisotopic (exact) mass is 279 g/mol. The van der Waals surface area contributed by atoms with Crippen molar-refractivity contribution in [2.45, 2.75) is 38.0 Å². The summed E-state index contributed by atoms with van der Waals surface area (Å²) in [4.78, 5) is 0. The summed E-state index contributed by atoms with van der Waals surface area (Å²) in [5.74, 6) is 0.758. The lowest BCUT2D eigenvalue weighted by Crippen LogP contribution is -2.37. The normalized spacial score (nSPS) is 24.6. The molecule has 1 fully saturated rings. The SMILES string of the molecule is CC(C)COCC(O)CNCC1CCCS1(=O)=O. The summed E-state index contributed by atoms with van der Waals surface area (Å²) >= 11 is 0. The lowest BCUT2D eigenvalue weighted by molar-refractivity contribution is 0.0262. The van der Waals surface area contributed by atoms with Gasteiger partial charge in [0.25, 0.3) is 0 Å². The molecule has 0 aromatic carbocycles. The molecule has 1 aliphatic rings. The highest BCUT2D eigenvalue weighted by Gasteiger charge is 2.30. The molecule has 108 valence electrons. The van der Waals surface area contributed by atoms with Gasteiger partial charge in [0, 0.05) is 19.7 Å². The Hall–Kier alpha value is -0.170. The number of sulfone groups is 1. The number of aliphatic hydroxyl groups excluding tert-OH is 1. The lowest BCUT2D eigenvalue weighted by atomic mass is 10.2. The summed E-state index contributed by atoms with van der Waals surface area (Å²) in [6.45, 7) is 5.84. The second kappa shape index (κ2) is 7.43. The number of hydrogen-bond donors (Lipinski definition) is 2. The van der Waals surface area contributed by atoms with Crippen LogP contribution in [-0.2, 0) is 14.6 Å². The molecule has 0 radical (unpaired) electrons. The van der Waals surface area contributed by atoms with E-state index >= 15 is 0 Å².